The molecule has 144 valence electrons. The Bertz CT molecular complexity index is 1050. The van der Waals surface area contributed by atoms with Crippen molar-refractivity contribution in [2.45, 2.75) is 19.8 Å². The molecule has 0 unspecified atom stereocenters. The summed E-state index contributed by atoms with van der Waals surface area (Å²) < 4.78 is 1.72. The number of likely N-dealkylation sites (tertiary alicyclic amines) is 1. The first-order valence-corrected chi connectivity index (χ1v) is 9.44. The number of aryl methyl sites for hydroxylation is 2. The van der Waals surface area contributed by atoms with E-state index in [9.17, 15) is 9.59 Å². The second kappa shape index (κ2) is 7.07. The molecule has 2 amide bonds. The number of amides is 2. The number of rotatable bonds is 3. The summed E-state index contributed by atoms with van der Waals surface area (Å²) in [5, 5.41) is 5.25. The van der Waals surface area contributed by atoms with Gasteiger partial charge in [0.15, 0.2) is 5.65 Å². The fourth-order valence-electron chi connectivity index (χ4n) is 3.91. The first-order chi connectivity index (χ1) is 13.5. The van der Waals surface area contributed by atoms with Crippen molar-refractivity contribution >= 4 is 22.8 Å². The number of benzene rings is 1. The second-order valence-electron chi connectivity index (χ2n) is 7.30. The van der Waals surface area contributed by atoms with Crippen molar-refractivity contribution in [3.63, 3.8) is 0 Å². The van der Waals surface area contributed by atoms with E-state index in [0.29, 0.717) is 37.1 Å². The van der Waals surface area contributed by atoms with E-state index in [4.69, 9.17) is 10.7 Å². The monoisotopic (exact) mass is 377 g/mol. The minimum absolute atomic E-state index is 0.0522. The molecule has 0 radical (unpaired) electrons. The van der Waals surface area contributed by atoms with Crippen molar-refractivity contribution in [3.8, 4) is 11.3 Å². The van der Waals surface area contributed by atoms with E-state index >= 15 is 0 Å². The van der Waals surface area contributed by atoms with Gasteiger partial charge in [-0.2, -0.15) is 5.10 Å². The maximum absolute atomic E-state index is 13.4. The number of aromatic nitrogens is 3. The van der Waals surface area contributed by atoms with Gasteiger partial charge in [0, 0.05) is 31.6 Å². The highest BCUT2D eigenvalue weighted by molar-refractivity contribution is 6.07. The Hall–Kier alpha value is -3.22. The van der Waals surface area contributed by atoms with Gasteiger partial charge >= 0.3 is 0 Å². The normalized spacial score (nSPS) is 15.1. The van der Waals surface area contributed by atoms with E-state index in [0.717, 1.165) is 22.3 Å². The van der Waals surface area contributed by atoms with Crippen LogP contribution in [0.5, 0.6) is 0 Å². The van der Waals surface area contributed by atoms with Crippen molar-refractivity contribution < 1.29 is 9.59 Å². The first-order valence-electron chi connectivity index (χ1n) is 9.44. The topological polar surface area (TPSA) is 94.1 Å². The molecule has 7 heteroatoms. The molecule has 4 rings (SSSR count). The van der Waals surface area contributed by atoms with Crippen LogP contribution in [0.3, 0.4) is 0 Å². The Morgan fingerprint density at radius 3 is 2.46 bits per heavy atom. The van der Waals surface area contributed by atoms with E-state index in [1.165, 1.54) is 0 Å². The molecule has 2 aromatic heterocycles. The Labute approximate surface area is 163 Å². The molecule has 2 N–H and O–H groups in total. The summed E-state index contributed by atoms with van der Waals surface area (Å²) in [5.41, 5.74) is 9.18. The molecule has 0 saturated carbocycles. The van der Waals surface area contributed by atoms with Gasteiger partial charge in [-0.25, -0.2) is 4.98 Å². The first kappa shape index (κ1) is 18.2. The largest absolute Gasteiger partial charge is 0.369 e. The number of piperidine rings is 1. The number of pyridine rings is 1. The van der Waals surface area contributed by atoms with Crippen LogP contribution in [0.25, 0.3) is 22.3 Å². The van der Waals surface area contributed by atoms with Gasteiger partial charge in [-0.1, -0.05) is 30.3 Å². The molecule has 1 aromatic carbocycles. The Kier molecular flexibility index (Phi) is 4.58. The lowest BCUT2D eigenvalue weighted by Gasteiger charge is -2.30. The number of hydrogen-bond acceptors (Lipinski definition) is 4. The summed E-state index contributed by atoms with van der Waals surface area (Å²) in [6.45, 7) is 2.94. The van der Waals surface area contributed by atoms with Crippen LogP contribution in [0.2, 0.25) is 0 Å². The van der Waals surface area contributed by atoms with Gasteiger partial charge in [-0.3, -0.25) is 14.3 Å². The van der Waals surface area contributed by atoms with Crippen molar-refractivity contribution in [1.29, 1.82) is 0 Å². The number of nitrogens with two attached hydrogens (primary N) is 1. The summed E-state index contributed by atoms with van der Waals surface area (Å²) >= 11 is 0. The van der Waals surface area contributed by atoms with E-state index in [-0.39, 0.29) is 17.7 Å². The van der Waals surface area contributed by atoms with Gasteiger partial charge < -0.3 is 10.6 Å². The highest BCUT2D eigenvalue weighted by Gasteiger charge is 2.28. The minimum atomic E-state index is -0.284. The number of hydrogen-bond donors (Lipinski definition) is 1. The highest BCUT2D eigenvalue weighted by atomic mass is 16.2. The molecule has 1 aliphatic rings. The number of fused-ring (bicyclic) bond motifs is 1. The highest BCUT2D eigenvalue weighted by Crippen LogP contribution is 2.29. The molecule has 1 saturated heterocycles. The lowest BCUT2D eigenvalue weighted by Crippen LogP contribution is -2.41. The van der Waals surface area contributed by atoms with Gasteiger partial charge in [0.2, 0.25) is 5.91 Å². The molecule has 1 aliphatic heterocycles. The molecule has 0 atom stereocenters. The Morgan fingerprint density at radius 2 is 1.82 bits per heavy atom. The zero-order chi connectivity index (χ0) is 19.8. The van der Waals surface area contributed by atoms with Crippen molar-refractivity contribution in [2.75, 3.05) is 13.1 Å². The summed E-state index contributed by atoms with van der Waals surface area (Å²) in [7, 11) is 1.84. The van der Waals surface area contributed by atoms with Gasteiger partial charge in [-0.05, 0) is 25.8 Å². The molecule has 0 bridgehead atoms. The zero-order valence-corrected chi connectivity index (χ0v) is 16.1. The molecule has 0 spiro atoms. The van der Waals surface area contributed by atoms with Crippen LogP contribution in [0.1, 0.15) is 28.9 Å². The van der Waals surface area contributed by atoms with E-state index in [1.807, 2.05) is 50.4 Å². The Morgan fingerprint density at radius 1 is 1.14 bits per heavy atom. The molecule has 28 heavy (non-hydrogen) atoms. The van der Waals surface area contributed by atoms with Crippen LogP contribution in [0.4, 0.5) is 0 Å². The summed E-state index contributed by atoms with van der Waals surface area (Å²) in [4.78, 5) is 31.4. The third kappa shape index (κ3) is 3.13. The van der Waals surface area contributed by atoms with E-state index in [2.05, 4.69) is 5.10 Å². The second-order valence-corrected chi connectivity index (χ2v) is 7.30. The SMILES string of the molecule is Cc1nn(C)c2nc(-c3ccccc3)cc(C(=O)N3CCC(C(N)=O)CC3)c12. The van der Waals surface area contributed by atoms with Gasteiger partial charge in [0.25, 0.3) is 5.91 Å². The van der Waals surface area contributed by atoms with Crippen LogP contribution >= 0.6 is 0 Å². The van der Waals surface area contributed by atoms with Crippen molar-refractivity contribution in [2.24, 2.45) is 18.7 Å². The number of nitrogens with zero attached hydrogens (tertiary/aromatic N) is 4. The average molecular weight is 377 g/mol. The van der Waals surface area contributed by atoms with Crippen molar-refractivity contribution in [3.05, 3.63) is 47.7 Å². The van der Waals surface area contributed by atoms with Crippen LogP contribution in [0.15, 0.2) is 36.4 Å². The average Bonchev–Trinajstić information content (AvgIpc) is 3.01. The third-order valence-corrected chi connectivity index (χ3v) is 5.45. The summed E-state index contributed by atoms with van der Waals surface area (Å²) in [5.74, 6) is -0.488. The predicted molar refractivity (Wildman–Crippen MR) is 107 cm³/mol. The van der Waals surface area contributed by atoms with E-state index < -0.39 is 0 Å². The maximum Gasteiger partial charge on any atom is 0.254 e. The number of carbonyl (C=O) groups is 2. The van der Waals surface area contributed by atoms with Gasteiger partial charge in [0.1, 0.15) is 0 Å². The van der Waals surface area contributed by atoms with Gasteiger partial charge in [0.05, 0.1) is 22.3 Å². The molecule has 7 nitrogen and oxygen atoms in total. The lowest BCUT2D eigenvalue weighted by atomic mass is 9.95. The smallest absolute Gasteiger partial charge is 0.254 e. The quantitative estimate of drug-likeness (QED) is 0.758. The van der Waals surface area contributed by atoms with E-state index in [1.54, 1.807) is 9.58 Å². The zero-order valence-electron chi connectivity index (χ0n) is 16.1. The minimum Gasteiger partial charge on any atom is -0.369 e. The summed E-state index contributed by atoms with van der Waals surface area (Å²) in [6.07, 6.45) is 1.21. The molecule has 0 aliphatic carbocycles. The summed E-state index contributed by atoms with van der Waals surface area (Å²) in [6, 6.07) is 11.7. The molecule has 1 fully saturated rings. The molecule has 3 aromatic rings. The fourth-order valence-corrected chi connectivity index (χ4v) is 3.91. The van der Waals surface area contributed by atoms with Gasteiger partial charge in [-0.15, -0.1) is 0 Å². The molecular formula is C21H23N5O2. The van der Waals surface area contributed by atoms with Crippen LogP contribution in [-0.2, 0) is 11.8 Å². The van der Waals surface area contributed by atoms with Crippen molar-refractivity contribution in [1.82, 2.24) is 19.7 Å². The fraction of sp³-hybridized carbons (Fsp3) is 0.333. The third-order valence-electron chi connectivity index (χ3n) is 5.45. The predicted octanol–water partition coefficient (Wildman–Crippen LogP) is 2.28. The standard InChI is InChI=1S/C21H23N5O2/c1-13-18-16(21(28)26-10-8-15(9-11-26)19(22)27)12-17(14-6-4-3-5-7-14)23-20(18)25(2)24-13/h3-7,12,15H,8-11H2,1-2H3,(H2,22,27). The number of carbonyl (C=O) groups excluding carboxylic acids is 2. The number of primary amides is 1. The Balaban J connectivity index is 1.77. The maximum atomic E-state index is 13.4. The van der Waals surface area contributed by atoms with Crippen LogP contribution < -0.4 is 5.73 Å². The molecule has 3 heterocycles. The lowest BCUT2D eigenvalue weighted by molar-refractivity contribution is -0.123. The van der Waals surface area contributed by atoms with Crippen LogP contribution in [-0.4, -0.2) is 44.6 Å². The molecular weight excluding hydrogens is 354 g/mol. The van der Waals surface area contributed by atoms with Crippen LogP contribution in [0, 0.1) is 12.8 Å².